The maximum absolute atomic E-state index is 9.92. The normalized spacial score (nSPS) is 11.3. The van der Waals surface area contributed by atoms with E-state index in [-0.39, 0.29) is 5.75 Å². The van der Waals surface area contributed by atoms with E-state index in [1.54, 1.807) is 18.2 Å². The van der Waals surface area contributed by atoms with Crippen molar-refractivity contribution in [2.45, 2.75) is 6.42 Å². The number of fused-ring (bicyclic) bond motifs is 1. The van der Waals surface area contributed by atoms with Gasteiger partial charge in [-0.2, -0.15) is 0 Å². The molecule has 2 heterocycles. The summed E-state index contributed by atoms with van der Waals surface area (Å²) in [6.45, 7) is 1.63. The van der Waals surface area contributed by atoms with Crippen molar-refractivity contribution < 1.29 is 9.84 Å². The van der Waals surface area contributed by atoms with Crippen LogP contribution in [0.3, 0.4) is 0 Å². The molecule has 7 heteroatoms. The minimum atomic E-state index is 0.192. The molecule has 0 aliphatic rings. The highest BCUT2D eigenvalue weighted by Crippen LogP contribution is 2.35. The lowest BCUT2D eigenvalue weighted by Gasteiger charge is -2.11. The number of phenolic OH excluding ortho intramolecular Hbond substituents is 1. The molecule has 2 aromatic heterocycles. The van der Waals surface area contributed by atoms with E-state index in [0.717, 1.165) is 40.9 Å². The first-order valence-corrected chi connectivity index (χ1v) is 9.82. The first kappa shape index (κ1) is 19.7. The Morgan fingerprint density at radius 1 is 1.10 bits per heavy atom. The Morgan fingerprint density at radius 2 is 1.93 bits per heavy atom. The second-order valence-electron chi connectivity index (χ2n) is 7.42. The minimum Gasteiger partial charge on any atom is -0.508 e. The second-order valence-corrected chi connectivity index (χ2v) is 7.42. The van der Waals surface area contributed by atoms with Crippen LogP contribution in [0, 0.1) is 0 Å². The maximum Gasteiger partial charge on any atom is 0.150 e. The van der Waals surface area contributed by atoms with Crippen molar-refractivity contribution in [3.63, 3.8) is 0 Å². The lowest BCUT2D eigenvalue weighted by Crippen LogP contribution is -2.15. The Hall–Kier alpha value is -3.58. The van der Waals surface area contributed by atoms with Crippen LogP contribution in [-0.2, 0) is 0 Å². The molecule has 0 aliphatic carbocycles. The van der Waals surface area contributed by atoms with Crippen molar-refractivity contribution in [3.8, 4) is 28.3 Å². The Bertz CT molecular complexity index is 1170. The molecule has 0 saturated carbocycles. The molecule has 154 valence electrons. The number of aromatic nitrogens is 3. The molecule has 2 aromatic carbocycles. The third-order valence-electron chi connectivity index (χ3n) is 4.88. The summed E-state index contributed by atoms with van der Waals surface area (Å²) in [5, 5.41) is 10.7. The number of aromatic hydroxyl groups is 1. The number of nitrogens with two attached hydrogens (primary N) is 1. The molecule has 0 spiro atoms. The van der Waals surface area contributed by atoms with Crippen LogP contribution in [0.15, 0.2) is 61.1 Å². The molecule has 0 atom stereocenters. The molecule has 0 aliphatic heterocycles. The van der Waals surface area contributed by atoms with Gasteiger partial charge in [-0.3, -0.25) is 0 Å². The molecule has 0 radical (unpaired) electrons. The molecule has 0 bridgehead atoms. The van der Waals surface area contributed by atoms with E-state index in [1.165, 1.54) is 6.33 Å². The molecule has 3 N–H and O–H groups in total. The van der Waals surface area contributed by atoms with Crippen molar-refractivity contribution in [1.29, 1.82) is 0 Å². The van der Waals surface area contributed by atoms with Gasteiger partial charge in [-0.1, -0.05) is 18.2 Å². The minimum absolute atomic E-state index is 0.192. The van der Waals surface area contributed by atoms with Gasteiger partial charge in [0.05, 0.1) is 17.7 Å². The van der Waals surface area contributed by atoms with E-state index in [9.17, 15) is 5.11 Å². The molecule has 7 nitrogen and oxygen atoms in total. The number of phenols is 1. The van der Waals surface area contributed by atoms with Crippen LogP contribution in [0.25, 0.3) is 27.8 Å². The Kier molecular flexibility index (Phi) is 5.54. The van der Waals surface area contributed by atoms with Crippen molar-refractivity contribution in [1.82, 2.24) is 19.4 Å². The molecule has 30 heavy (non-hydrogen) atoms. The van der Waals surface area contributed by atoms with Crippen molar-refractivity contribution in [2.24, 2.45) is 0 Å². The summed E-state index contributed by atoms with van der Waals surface area (Å²) < 4.78 is 7.90. The van der Waals surface area contributed by atoms with Gasteiger partial charge in [0.25, 0.3) is 0 Å². The number of ether oxygens (including phenoxy) is 1. The number of nitrogens with zero attached hydrogens (tertiary/aromatic N) is 4. The van der Waals surface area contributed by atoms with Gasteiger partial charge in [0.15, 0.2) is 5.65 Å². The molecule has 0 saturated heterocycles. The number of hydrogen-bond donors (Lipinski definition) is 2. The monoisotopic (exact) mass is 403 g/mol. The first-order chi connectivity index (χ1) is 14.5. The molecule has 4 rings (SSSR count). The fraction of sp³-hybridized carbons (Fsp3) is 0.217. The quantitative estimate of drug-likeness (QED) is 0.457. The Balaban J connectivity index is 1.73. The maximum atomic E-state index is 9.92. The zero-order valence-electron chi connectivity index (χ0n) is 17.1. The SMILES string of the molecule is CN(C)CCCOc1cccc(-n2cc(-c3cccc(O)c3)c3c(N)ncnc32)c1. The Morgan fingerprint density at radius 3 is 2.73 bits per heavy atom. The summed E-state index contributed by atoms with van der Waals surface area (Å²) in [4.78, 5) is 10.8. The van der Waals surface area contributed by atoms with Crippen LogP contribution in [0.4, 0.5) is 5.82 Å². The zero-order chi connectivity index (χ0) is 21.1. The highest BCUT2D eigenvalue weighted by Gasteiger charge is 2.16. The molecular weight excluding hydrogens is 378 g/mol. The summed E-state index contributed by atoms with van der Waals surface area (Å²) >= 11 is 0. The van der Waals surface area contributed by atoms with Crippen molar-refractivity contribution in [3.05, 3.63) is 61.1 Å². The van der Waals surface area contributed by atoms with Crippen molar-refractivity contribution in [2.75, 3.05) is 33.0 Å². The van der Waals surface area contributed by atoms with Gasteiger partial charge in [0.1, 0.15) is 23.6 Å². The summed E-state index contributed by atoms with van der Waals surface area (Å²) in [7, 11) is 4.10. The van der Waals surface area contributed by atoms with Crippen molar-refractivity contribution >= 4 is 16.9 Å². The standard InChI is InChI=1S/C23H25N5O2/c1-27(2)10-5-11-30-19-9-4-7-17(13-19)28-14-20(16-6-3-8-18(29)12-16)21-22(24)25-15-26-23(21)28/h3-4,6-9,12-15,29H,5,10-11H2,1-2H3,(H2,24,25,26). The van der Waals surface area contributed by atoms with E-state index in [2.05, 4.69) is 29.0 Å². The van der Waals surface area contributed by atoms with E-state index in [1.807, 2.05) is 41.1 Å². The van der Waals surface area contributed by atoms with Gasteiger partial charge in [-0.15, -0.1) is 0 Å². The van der Waals surface area contributed by atoms with Gasteiger partial charge >= 0.3 is 0 Å². The van der Waals surface area contributed by atoms with Crippen LogP contribution in [-0.4, -0.2) is 51.8 Å². The first-order valence-electron chi connectivity index (χ1n) is 9.82. The van der Waals surface area contributed by atoms with Crippen LogP contribution >= 0.6 is 0 Å². The highest BCUT2D eigenvalue weighted by molar-refractivity contribution is 6.01. The fourth-order valence-electron chi connectivity index (χ4n) is 3.47. The average Bonchev–Trinajstić information content (AvgIpc) is 3.12. The van der Waals surface area contributed by atoms with E-state index in [4.69, 9.17) is 10.5 Å². The third-order valence-corrected chi connectivity index (χ3v) is 4.88. The summed E-state index contributed by atoms with van der Waals surface area (Å²) in [6.07, 6.45) is 4.38. The lowest BCUT2D eigenvalue weighted by atomic mass is 10.1. The average molecular weight is 403 g/mol. The number of rotatable bonds is 7. The molecular formula is C23H25N5O2. The summed E-state index contributed by atoms with van der Waals surface area (Å²) in [5.41, 5.74) is 9.52. The number of anilines is 1. The zero-order valence-corrected chi connectivity index (χ0v) is 17.1. The molecule has 0 fully saturated rings. The van der Waals surface area contributed by atoms with Gasteiger partial charge in [-0.25, -0.2) is 9.97 Å². The topological polar surface area (TPSA) is 89.4 Å². The van der Waals surface area contributed by atoms with Crippen LogP contribution in [0.5, 0.6) is 11.5 Å². The number of benzene rings is 2. The summed E-state index contributed by atoms with van der Waals surface area (Å²) in [6, 6.07) is 15.0. The highest BCUT2D eigenvalue weighted by atomic mass is 16.5. The molecule has 0 unspecified atom stereocenters. The van der Waals surface area contributed by atoms with Crippen LogP contribution in [0.1, 0.15) is 6.42 Å². The van der Waals surface area contributed by atoms with E-state index in [0.29, 0.717) is 18.1 Å². The van der Waals surface area contributed by atoms with Gasteiger partial charge in [-0.05, 0) is 50.3 Å². The van der Waals surface area contributed by atoms with Gasteiger partial charge in [0.2, 0.25) is 0 Å². The van der Waals surface area contributed by atoms with E-state index >= 15 is 0 Å². The summed E-state index contributed by atoms with van der Waals surface area (Å²) in [5.74, 6) is 1.39. The van der Waals surface area contributed by atoms with E-state index < -0.39 is 0 Å². The number of hydrogen-bond acceptors (Lipinski definition) is 6. The van der Waals surface area contributed by atoms with Gasteiger partial charge < -0.3 is 25.0 Å². The van der Waals surface area contributed by atoms with Crippen LogP contribution < -0.4 is 10.5 Å². The molecule has 0 amide bonds. The van der Waals surface area contributed by atoms with Crippen LogP contribution in [0.2, 0.25) is 0 Å². The Labute approximate surface area is 175 Å². The lowest BCUT2D eigenvalue weighted by molar-refractivity contribution is 0.281. The van der Waals surface area contributed by atoms with Gasteiger partial charge in [0, 0.05) is 24.4 Å². The number of nitrogen functional groups attached to an aromatic ring is 1. The fourth-order valence-corrected chi connectivity index (χ4v) is 3.47. The smallest absolute Gasteiger partial charge is 0.150 e. The predicted octanol–water partition coefficient (Wildman–Crippen LogP) is 3.71. The second kappa shape index (κ2) is 8.42. The predicted molar refractivity (Wildman–Crippen MR) is 119 cm³/mol. The molecule has 4 aromatic rings. The largest absolute Gasteiger partial charge is 0.508 e. The third kappa shape index (κ3) is 4.06.